The summed E-state index contributed by atoms with van der Waals surface area (Å²) in [5.41, 5.74) is 0.267. The van der Waals surface area contributed by atoms with Gasteiger partial charge in [0.15, 0.2) is 11.5 Å². The average molecular weight is 251 g/mol. The van der Waals surface area contributed by atoms with E-state index in [2.05, 4.69) is 0 Å². The van der Waals surface area contributed by atoms with E-state index in [9.17, 15) is 9.90 Å². The molecule has 2 rings (SSSR count). The van der Waals surface area contributed by atoms with Gasteiger partial charge in [0, 0.05) is 13.1 Å². The minimum atomic E-state index is -0.193. The van der Waals surface area contributed by atoms with Crippen LogP contribution < -0.4 is 4.74 Å². The van der Waals surface area contributed by atoms with Gasteiger partial charge >= 0.3 is 0 Å². The monoisotopic (exact) mass is 251 g/mol. The topological polar surface area (TPSA) is 59.0 Å². The molecule has 0 aliphatic carbocycles. The second-order valence-electron chi connectivity index (χ2n) is 4.29. The molecule has 1 aromatic rings. The van der Waals surface area contributed by atoms with Crippen LogP contribution in [0.3, 0.4) is 0 Å². The van der Waals surface area contributed by atoms with Crippen molar-refractivity contribution in [3.8, 4) is 11.5 Å². The van der Waals surface area contributed by atoms with E-state index in [4.69, 9.17) is 9.47 Å². The quantitative estimate of drug-likeness (QED) is 0.859. The van der Waals surface area contributed by atoms with Gasteiger partial charge in [-0.05, 0) is 19.1 Å². The number of phenols is 1. The zero-order valence-electron chi connectivity index (χ0n) is 10.5. The molecule has 98 valence electrons. The number of benzene rings is 1. The van der Waals surface area contributed by atoms with Crippen molar-refractivity contribution in [1.82, 2.24) is 4.90 Å². The largest absolute Gasteiger partial charge is 0.504 e. The van der Waals surface area contributed by atoms with Crippen LogP contribution in [0.4, 0.5) is 0 Å². The summed E-state index contributed by atoms with van der Waals surface area (Å²) in [6.45, 7) is 3.53. The molecule has 0 bridgehead atoms. The number of carbonyl (C=O) groups is 1. The second kappa shape index (κ2) is 5.27. The summed E-state index contributed by atoms with van der Waals surface area (Å²) in [6, 6.07) is 4.91. The van der Waals surface area contributed by atoms with Gasteiger partial charge in [-0.3, -0.25) is 4.79 Å². The first-order valence-electron chi connectivity index (χ1n) is 5.90. The van der Waals surface area contributed by atoms with Gasteiger partial charge in [-0.25, -0.2) is 0 Å². The molecule has 1 N–H and O–H groups in total. The molecule has 1 aliphatic heterocycles. The molecule has 1 saturated heterocycles. The van der Waals surface area contributed by atoms with Crippen molar-refractivity contribution in [1.29, 1.82) is 0 Å². The van der Waals surface area contributed by atoms with Gasteiger partial charge in [0.2, 0.25) is 0 Å². The minimum absolute atomic E-state index is 0.0236. The number of aromatic hydroxyl groups is 1. The number of rotatable bonds is 2. The highest BCUT2D eigenvalue weighted by molar-refractivity contribution is 5.97. The number of nitrogens with zero attached hydrogens (tertiary/aromatic N) is 1. The molecular weight excluding hydrogens is 234 g/mol. The van der Waals surface area contributed by atoms with Crippen LogP contribution in [-0.2, 0) is 4.74 Å². The third-order valence-electron chi connectivity index (χ3n) is 2.98. The Morgan fingerprint density at radius 2 is 2.33 bits per heavy atom. The van der Waals surface area contributed by atoms with Crippen molar-refractivity contribution in [3.63, 3.8) is 0 Å². The number of hydrogen-bond acceptors (Lipinski definition) is 4. The highest BCUT2D eigenvalue weighted by Gasteiger charge is 2.25. The molecule has 1 unspecified atom stereocenters. The molecule has 0 saturated carbocycles. The first-order chi connectivity index (χ1) is 8.63. The predicted octanol–water partition coefficient (Wildman–Crippen LogP) is 1.26. The number of hydrogen-bond donors (Lipinski definition) is 1. The zero-order chi connectivity index (χ0) is 13.1. The standard InChI is InChI=1S/C13H17NO4/c1-9-8-14(6-7-18-9)13(16)10-4-3-5-11(17-2)12(10)15/h3-5,9,15H,6-8H2,1-2H3. The van der Waals surface area contributed by atoms with Crippen LogP contribution in [0.25, 0.3) is 0 Å². The lowest BCUT2D eigenvalue weighted by molar-refractivity contribution is -0.0125. The molecular formula is C13H17NO4. The Balaban J connectivity index is 2.23. The summed E-state index contributed by atoms with van der Waals surface area (Å²) in [5.74, 6) is 0.00727. The fourth-order valence-electron chi connectivity index (χ4n) is 2.03. The van der Waals surface area contributed by atoms with E-state index in [0.29, 0.717) is 25.4 Å². The lowest BCUT2D eigenvalue weighted by Crippen LogP contribution is -2.44. The average Bonchev–Trinajstić information content (AvgIpc) is 2.38. The Labute approximate surface area is 106 Å². The fraction of sp³-hybridized carbons (Fsp3) is 0.462. The van der Waals surface area contributed by atoms with Gasteiger partial charge in [-0.15, -0.1) is 0 Å². The summed E-state index contributed by atoms with van der Waals surface area (Å²) in [4.78, 5) is 14.0. The maximum absolute atomic E-state index is 12.3. The van der Waals surface area contributed by atoms with Gasteiger partial charge in [-0.1, -0.05) is 6.07 Å². The fourth-order valence-corrected chi connectivity index (χ4v) is 2.03. The Bertz CT molecular complexity index is 447. The Kier molecular flexibility index (Phi) is 3.72. The lowest BCUT2D eigenvalue weighted by Gasteiger charge is -2.31. The van der Waals surface area contributed by atoms with E-state index in [0.717, 1.165) is 0 Å². The van der Waals surface area contributed by atoms with Crippen LogP contribution in [-0.4, -0.2) is 48.8 Å². The first kappa shape index (κ1) is 12.7. The molecule has 1 aromatic carbocycles. The van der Waals surface area contributed by atoms with E-state index in [1.807, 2.05) is 6.92 Å². The highest BCUT2D eigenvalue weighted by atomic mass is 16.5. The maximum atomic E-state index is 12.3. The van der Waals surface area contributed by atoms with E-state index >= 15 is 0 Å². The summed E-state index contributed by atoms with van der Waals surface area (Å²) < 4.78 is 10.4. The molecule has 5 heteroatoms. The van der Waals surface area contributed by atoms with E-state index in [1.54, 1.807) is 23.1 Å². The third-order valence-corrected chi connectivity index (χ3v) is 2.98. The number of phenolic OH excluding ortho intramolecular Hbond substituents is 1. The number of methoxy groups -OCH3 is 1. The molecule has 1 amide bonds. The second-order valence-corrected chi connectivity index (χ2v) is 4.29. The van der Waals surface area contributed by atoms with Crippen molar-refractivity contribution >= 4 is 5.91 Å². The number of amides is 1. The zero-order valence-corrected chi connectivity index (χ0v) is 10.5. The SMILES string of the molecule is COc1cccc(C(=O)N2CCOC(C)C2)c1O. The van der Waals surface area contributed by atoms with Crippen molar-refractivity contribution in [2.75, 3.05) is 26.8 Å². The predicted molar refractivity (Wildman–Crippen MR) is 66.0 cm³/mol. The molecule has 0 radical (unpaired) electrons. The molecule has 1 fully saturated rings. The molecule has 18 heavy (non-hydrogen) atoms. The van der Waals surface area contributed by atoms with Gasteiger partial charge in [0.1, 0.15) is 0 Å². The number of para-hydroxylation sites is 1. The van der Waals surface area contributed by atoms with Gasteiger partial charge < -0.3 is 19.5 Å². The number of carbonyl (C=O) groups excluding carboxylic acids is 1. The van der Waals surface area contributed by atoms with Crippen LogP contribution in [0, 0.1) is 0 Å². The molecule has 1 aliphatic rings. The summed E-state index contributed by atoms with van der Waals surface area (Å²) >= 11 is 0. The van der Waals surface area contributed by atoms with Crippen molar-refractivity contribution in [2.45, 2.75) is 13.0 Å². The minimum Gasteiger partial charge on any atom is -0.504 e. The third kappa shape index (κ3) is 2.41. The molecule has 0 spiro atoms. The van der Waals surface area contributed by atoms with Gasteiger partial charge in [-0.2, -0.15) is 0 Å². The van der Waals surface area contributed by atoms with E-state index < -0.39 is 0 Å². The summed E-state index contributed by atoms with van der Waals surface area (Å²) in [5, 5.41) is 9.95. The normalized spacial score (nSPS) is 19.7. The Morgan fingerprint density at radius 3 is 3.00 bits per heavy atom. The van der Waals surface area contributed by atoms with Gasteiger partial charge in [0.25, 0.3) is 5.91 Å². The van der Waals surface area contributed by atoms with Crippen molar-refractivity contribution in [3.05, 3.63) is 23.8 Å². The van der Waals surface area contributed by atoms with E-state index in [1.165, 1.54) is 7.11 Å². The molecule has 1 heterocycles. The highest BCUT2D eigenvalue weighted by Crippen LogP contribution is 2.30. The number of morpholine rings is 1. The Hall–Kier alpha value is -1.75. The smallest absolute Gasteiger partial charge is 0.257 e. The maximum Gasteiger partial charge on any atom is 0.257 e. The van der Waals surface area contributed by atoms with Crippen LogP contribution in [0.5, 0.6) is 11.5 Å². The molecule has 1 atom stereocenters. The van der Waals surface area contributed by atoms with E-state index in [-0.39, 0.29) is 23.3 Å². The molecule has 5 nitrogen and oxygen atoms in total. The first-order valence-corrected chi connectivity index (χ1v) is 5.90. The molecule has 0 aromatic heterocycles. The van der Waals surface area contributed by atoms with Crippen LogP contribution in [0.1, 0.15) is 17.3 Å². The van der Waals surface area contributed by atoms with Crippen molar-refractivity contribution < 1.29 is 19.4 Å². The number of ether oxygens (including phenoxy) is 2. The van der Waals surface area contributed by atoms with Crippen LogP contribution >= 0.6 is 0 Å². The summed E-state index contributed by atoms with van der Waals surface area (Å²) in [6.07, 6.45) is 0.0236. The lowest BCUT2D eigenvalue weighted by atomic mass is 10.1. The van der Waals surface area contributed by atoms with Crippen LogP contribution in [0.2, 0.25) is 0 Å². The summed E-state index contributed by atoms with van der Waals surface area (Å²) in [7, 11) is 1.46. The van der Waals surface area contributed by atoms with Gasteiger partial charge in [0.05, 0.1) is 25.4 Å². The van der Waals surface area contributed by atoms with Crippen molar-refractivity contribution in [2.24, 2.45) is 0 Å². The Morgan fingerprint density at radius 1 is 1.56 bits per heavy atom. The van der Waals surface area contributed by atoms with Crippen LogP contribution in [0.15, 0.2) is 18.2 Å².